The number of ketones is 1. The summed E-state index contributed by atoms with van der Waals surface area (Å²) < 4.78 is 51.0. The van der Waals surface area contributed by atoms with E-state index in [0.717, 1.165) is 32.0 Å². The van der Waals surface area contributed by atoms with Gasteiger partial charge < -0.3 is 5.32 Å². The van der Waals surface area contributed by atoms with Gasteiger partial charge in [0.05, 0.1) is 5.56 Å². The fourth-order valence-electron chi connectivity index (χ4n) is 2.57. The highest BCUT2D eigenvalue weighted by Crippen LogP contribution is 2.32. The zero-order valence-electron chi connectivity index (χ0n) is 11.5. The molecule has 1 aromatic carbocycles. The molecule has 0 radical (unpaired) electrons. The van der Waals surface area contributed by atoms with Crippen molar-refractivity contribution in [2.75, 3.05) is 13.1 Å². The van der Waals surface area contributed by atoms with Crippen molar-refractivity contribution in [3.8, 4) is 0 Å². The summed E-state index contributed by atoms with van der Waals surface area (Å²) in [6.07, 6.45) is -1.88. The maximum absolute atomic E-state index is 13.2. The second-order valence-corrected chi connectivity index (χ2v) is 5.37. The lowest BCUT2D eigenvalue weighted by Gasteiger charge is -2.22. The molecule has 1 atom stereocenters. The Kier molecular flexibility index (Phi) is 4.98. The van der Waals surface area contributed by atoms with Crippen molar-refractivity contribution in [2.24, 2.45) is 5.92 Å². The number of piperidine rings is 1. The Hall–Kier alpha value is -1.43. The molecular weight excluding hydrogens is 286 g/mol. The summed E-state index contributed by atoms with van der Waals surface area (Å²) in [5.41, 5.74) is -1.46. The van der Waals surface area contributed by atoms with E-state index in [2.05, 4.69) is 5.32 Å². The normalized spacial score (nSPS) is 19.5. The molecule has 1 fully saturated rings. The first-order chi connectivity index (χ1) is 9.88. The van der Waals surface area contributed by atoms with Gasteiger partial charge in [-0.2, -0.15) is 13.2 Å². The Morgan fingerprint density at radius 3 is 2.71 bits per heavy atom. The molecule has 21 heavy (non-hydrogen) atoms. The van der Waals surface area contributed by atoms with Crippen LogP contribution in [0.2, 0.25) is 0 Å². The van der Waals surface area contributed by atoms with Crippen LogP contribution < -0.4 is 5.32 Å². The second kappa shape index (κ2) is 6.56. The number of rotatable bonds is 4. The molecule has 1 aromatic rings. The summed E-state index contributed by atoms with van der Waals surface area (Å²) in [7, 11) is 0. The van der Waals surface area contributed by atoms with Crippen LogP contribution >= 0.6 is 0 Å². The molecule has 1 unspecified atom stereocenters. The van der Waals surface area contributed by atoms with E-state index in [4.69, 9.17) is 0 Å². The molecule has 0 bridgehead atoms. The molecule has 1 saturated heterocycles. The Balaban J connectivity index is 2.02. The second-order valence-electron chi connectivity index (χ2n) is 5.37. The van der Waals surface area contributed by atoms with E-state index in [1.807, 2.05) is 0 Å². The zero-order valence-corrected chi connectivity index (χ0v) is 11.5. The van der Waals surface area contributed by atoms with Gasteiger partial charge in [0, 0.05) is 12.0 Å². The van der Waals surface area contributed by atoms with Crippen LogP contribution in [0.15, 0.2) is 18.2 Å². The molecule has 1 N–H and O–H groups in total. The van der Waals surface area contributed by atoms with Crippen LogP contribution in [0.4, 0.5) is 17.6 Å². The largest absolute Gasteiger partial charge is 0.419 e. The summed E-state index contributed by atoms with van der Waals surface area (Å²) in [5.74, 6) is -1.34. The van der Waals surface area contributed by atoms with E-state index in [0.29, 0.717) is 24.5 Å². The molecular formula is C15H17F4NO. The minimum absolute atomic E-state index is 0.0764. The van der Waals surface area contributed by atoms with Crippen LogP contribution in [0.25, 0.3) is 0 Å². The lowest BCUT2D eigenvalue weighted by atomic mass is 9.92. The van der Waals surface area contributed by atoms with Gasteiger partial charge in [0.2, 0.25) is 0 Å². The van der Waals surface area contributed by atoms with E-state index in [1.54, 1.807) is 0 Å². The van der Waals surface area contributed by atoms with Gasteiger partial charge in [-0.3, -0.25) is 4.79 Å². The molecule has 116 valence electrons. The molecule has 0 saturated carbocycles. The lowest BCUT2D eigenvalue weighted by molar-refractivity contribution is -0.140. The molecule has 1 heterocycles. The number of hydrogen-bond acceptors (Lipinski definition) is 2. The van der Waals surface area contributed by atoms with Crippen LogP contribution in [0.3, 0.4) is 0 Å². The van der Waals surface area contributed by atoms with Crippen LogP contribution in [0, 0.1) is 11.7 Å². The van der Waals surface area contributed by atoms with E-state index >= 15 is 0 Å². The number of benzene rings is 1. The molecule has 2 rings (SSSR count). The molecule has 1 aliphatic rings. The molecule has 0 spiro atoms. The summed E-state index contributed by atoms with van der Waals surface area (Å²) in [6, 6.07) is 2.43. The van der Waals surface area contributed by atoms with Crippen molar-refractivity contribution in [3.05, 3.63) is 35.1 Å². The SMILES string of the molecule is O=C(CCC1CCCNC1)c1ccc(F)c(C(F)(F)F)c1. The zero-order chi connectivity index (χ0) is 15.5. The van der Waals surface area contributed by atoms with E-state index < -0.39 is 17.6 Å². The third-order valence-electron chi connectivity index (χ3n) is 3.77. The Morgan fingerprint density at radius 2 is 2.10 bits per heavy atom. The van der Waals surface area contributed by atoms with Gasteiger partial charge in [-0.25, -0.2) is 4.39 Å². The van der Waals surface area contributed by atoms with Crippen molar-refractivity contribution in [2.45, 2.75) is 31.9 Å². The average Bonchev–Trinajstić information content (AvgIpc) is 2.45. The van der Waals surface area contributed by atoms with Gasteiger partial charge in [0.25, 0.3) is 0 Å². The topological polar surface area (TPSA) is 29.1 Å². The maximum Gasteiger partial charge on any atom is 0.419 e. The van der Waals surface area contributed by atoms with Crippen molar-refractivity contribution in [1.29, 1.82) is 0 Å². The number of halogens is 4. The summed E-state index contributed by atoms with van der Waals surface area (Å²) in [4.78, 5) is 12.0. The first kappa shape index (κ1) is 15.9. The van der Waals surface area contributed by atoms with Gasteiger partial charge in [-0.05, 0) is 56.5 Å². The standard InChI is InChI=1S/C15H17F4NO/c16-13-5-4-11(8-12(13)15(17,18)19)14(21)6-3-10-2-1-7-20-9-10/h4-5,8,10,20H,1-3,6-7,9H2. The maximum atomic E-state index is 13.2. The van der Waals surface area contributed by atoms with Gasteiger partial charge in [-0.15, -0.1) is 0 Å². The minimum atomic E-state index is -4.78. The predicted octanol–water partition coefficient (Wildman–Crippen LogP) is 3.81. The van der Waals surface area contributed by atoms with E-state index in [9.17, 15) is 22.4 Å². The van der Waals surface area contributed by atoms with Crippen LogP contribution in [0.5, 0.6) is 0 Å². The lowest BCUT2D eigenvalue weighted by Crippen LogP contribution is -2.30. The third kappa shape index (κ3) is 4.27. The summed E-state index contributed by atoms with van der Waals surface area (Å²) >= 11 is 0. The number of carbonyl (C=O) groups is 1. The fourth-order valence-corrected chi connectivity index (χ4v) is 2.57. The number of hydrogen-bond donors (Lipinski definition) is 1. The smallest absolute Gasteiger partial charge is 0.316 e. The molecule has 0 aliphatic carbocycles. The highest BCUT2D eigenvalue weighted by Gasteiger charge is 2.34. The highest BCUT2D eigenvalue weighted by atomic mass is 19.4. The van der Waals surface area contributed by atoms with Gasteiger partial charge in [-0.1, -0.05) is 0 Å². The van der Waals surface area contributed by atoms with E-state index in [-0.39, 0.29) is 17.8 Å². The van der Waals surface area contributed by atoms with E-state index in [1.165, 1.54) is 0 Å². The Morgan fingerprint density at radius 1 is 1.33 bits per heavy atom. The van der Waals surface area contributed by atoms with Crippen molar-refractivity contribution < 1.29 is 22.4 Å². The predicted molar refractivity (Wildman–Crippen MR) is 70.6 cm³/mol. The fraction of sp³-hybridized carbons (Fsp3) is 0.533. The summed E-state index contributed by atoms with van der Waals surface area (Å²) in [5, 5.41) is 3.23. The number of carbonyl (C=O) groups excluding carboxylic acids is 1. The quantitative estimate of drug-likeness (QED) is 0.677. The number of alkyl halides is 3. The number of nitrogens with one attached hydrogen (secondary N) is 1. The Labute approximate surface area is 120 Å². The van der Waals surface area contributed by atoms with Crippen LogP contribution in [0.1, 0.15) is 41.6 Å². The molecule has 1 aliphatic heterocycles. The minimum Gasteiger partial charge on any atom is -0.316 e. The first-order valence-corrected chi connectivity index (χ1v) is 6.98. The van der Waals surface area contributed by atoms with Crippen molar-refractivity contribution in [1.82, 2.24) is 5.32 Å². The third-order valence-corrected chi connectivity index (χ3v) is 3.77. The molecule has 6 heteroatoms. The first-order valence-electron chi connectivity index (χ1n) is 6.98. The Bertz CT molecular complexity index is 507. The van der Waals surface area contributed by atoms with Gasteiger partial charge in [0.15, 0.2) is 5.78 Å². The van der Waals surface area contributed by atoms with Crippen molar-refractivity contribution in [3.63, 3.8) is 0 Å². The average molecular weight is 303 g/mol. The van der Waals surface area contributed by atoms with Crippen molar-refractivity contribution >= 4 is 5.78 Å². The van der Waals surface area contributed by atoms with Crippen LogP contribution in [-0.4, -0.2) is 18.9 Å². The molecule has 0 amide bonds. The molecule has 0 aromatic heterocycles. The van der Waals surface area contributed by atoms with Gasteiger partial charge >= 0.3 is 6.18 Å². The number of Topliss-reactive ketones (excluding diaryl/α,β-unsaturated/α-hetero) is 1. The highest BCUT2D eigenvalue weighted by molar-refractivity contribution is 5.96. The molecule has 2 nitrogen and oxygen atoms in total. The monoisotopic (exact) mass is 303 g/mol. The summed E-state index contributed by atoms with van der Waals surface area (Å²) in [6.45, 7) is 1.81. The van der Waals surface area contributed by atoms with Gasteiger partial charge in [0.1, 0.15) is 5.82 Å². The van der Waals surface area contributed by atoms with Crippen LogP contribution in [-0.2, 0) is 6.18 Å².